The molecule has 20 heavy (non-hydrogen) atoms. The number of methoxy groups -OCH3 is 1. The minimum atomic E-state index is -0.455. The van der Waals surface area contributed by atoms with Crippen LogP contribution in [0.4, 0.5) is 5.69 Å². The van der Waals surface area contributed by atoms with E-state index in [0.717, 1.165) is 18.4 Å². The van der Waals surface area contributed by atoms with Gasteiger partial charge in [-0.1, -0.05) is 11.6 Å². The Morgan fingerprint density at radius 2 is 2.20 bits per heavy atom. The van der Waals surface area contributed by atoms with E-state index < -0.39 is 5.97 Å². The highest BCUT2D eigenvalue weighted by atomic mass is 16.5. The zero-order chi connectivity index (χ0) is 14.5. The highest BCUT2D eigenvalue weighted by Gasteiger charge is 2.23. The molecule has 0 saturated carbocycles. The van der Waals surface area contributed by atoms with Crippen LogP contribution >= 0.6 is 0 Å². The maximum absolute atomic E-state index is 12.2. The van der Waals surface area contributed by atoms with Gasteiger partial charge in [0.25, 0.3) is 0 Å². The molecule has 1 unspecified atom stereocenters. The molecule has 108 valence electrons. The normalized spacial score (nSPS) is 18.4. The Balaban J connectivity index is 2.15. The minimum absolute atomic E-state index is 0.112. The van der Waals surface area contributed by atoms with Crippen LogP contribution in [0.15, 0.2) is 18.2 Å². The van der Waals surface area contributed by atoms with Gasteiger partial charge in [-0.05, 0) is 31.9 Å². The van der Waals surface area contributed by atoms with E-state index in [4.69, 9.17) is 9.47 Å². The Labute approximate surface area is 118 Å². The van der Waals surface area contributed by atoms with Crippen molar-refractivity contribution in [2.24, 2.45) is 5.92 Å². The van der Waals surface area contributed by atoms with Crippen LogP contribution in [0, 0.1) is 12.8 Å². The third-order valence-electron chi connectivity index (χ3n) is 3.37. The smallest absolute Gasteiger partial charge is 0.339 e. The molecule has 1 aliphatic heterocycles. The van der Waals surface area contributed by atoms with Crippen molar-refractivity contribution < 1.29 is 19.1 Å². The number of carbonyl (C=O) groups is 2. The second kappa shape index (κ2) is 6.52. The number of amides is 1. The number of benzene rings is 1. The van der Waals surface area contributed by atoms with E-state index >= 15 is 0 Å². The van der Waals surface area contributed by atoms with E-state index in [2.05, 4.69) is 5.32 Å². The third kappa shape index (κ3) is 3.36. The number of nitrogens with one attached hydrogen (secondary N) is 1. The van der Waals surface area contributed by atoms with Gasteiger partial charge in [0.05, 0.1) is 30.9 Å². The second-order valence-electron chi connectivity index (χ2n) is 4.94. The number of hydrogen-bond donors (Lipinski definition) is 1. The fourth-order valence-electron chi connectivity index (χ4n) is 2.23. The van der Waals surface area contributed by atoms with Gasteiger partial charge in [0.15, 0.2) is 0 Å². The molecule has 1 saturated heterocycles. The molecule has 1 heterocycles. The Hall–Kier alpha value is -1.88. The van der Waals surface area contributed by atoms with E-state index in [-0.39, 0.29) is 11.8 Å². The number of hydrogen-bond acceptors (Lipinski definition) is 4. The van der Waals surface area contributed by atoms with Gasteiger partial charge in [-0.15, -0.1) is 0 Å². The largest absolute Gasteiger partial charge is 0.465 e. The minimum Gasteiger partial charge on any atom is -0.465 e. The summed E-state index contributed by atoms with van der Waals surface area (Å²) >= 11 is 0. The standard InChI is InChI=1S/C15H19NO4/c1-10-5-6-13(12(8-10)15(18)19-2)16-14(17)11-4-3-7-20-9-11/h5-6,8,11H,3-4,7,9H2,1-2H3,(H,16,17). The van der Waals surface area contributed by atoms with Gasteiger partial charge in [0, 0.05) is 6.61 Å². The van der Waals surface area contributed by atoms with E-state index in [1.54, 1.807) is 12.1 Å². The lowest BCUT2D eigenvalue weighted by Gasteiger charge is -2.21. The fourth-order valence-corrected chi connectivity index (χ4v) is 2.23. The van der Waals surface area contributed by atoms with Gasteiger partial charge in [-0.3, -0.25) is 4.79 Å². The van der Waals surface area contributed by atoms with E-state index in [9.17, 15) is 9.59 Å². The summed E-state index contributed by atoms with van der Waals surface area (Å²) in [7, 11) is 1.32. The maximum atomic E-state index is 12.2. The summed E-state index contributed by atoms with van der Waals surface area (Å²) in [6.07, 6.45) is 1.70. The lowest BCUT2D eigenvalue weighted by Crippen LogP contribution is -2.30. The predicted octanol–water partition coefficient (Wildman–Crippen LogP) is 2.15. The molecule has 0 bridgehead atoms. The van der Waals surface area contributed by atoms with Gasteiger partial charge in [0.1, 0.15) is 0 Å². The first kappa shape index (κ1) is 14.5. The zero-order valence-electron chi connectivity index (χ0n) is 11.8. The first-order valence-electron chi connectivity index (χ1n) is 6.69. The summed E-state index contributed by atoms with van der Waals surface area (Å²) in [5.74, 6) is -0.724. The molecule has 5 nitrogen and oxygen atoms in total. The number of esters is 1. The van der Waals surface area contributed by atoms with Crippen molar-refractivity contribution in [3.8, 4) is 0 Å². The Kier molecular flexibility index (Phi) is 4.74. The molecule has 0 spiro atoms. The van der Waals surface area contributed by atoms with Gasteiger partial charge >= 0.3 is 5.97 Å². The van der Waals surface area contributed by atoms with Crippen molar-refractivity contribution in [2.75, 3.05) is 25.6 Å². The van der Waals surface area contributed by atoms with Gasteiger partial charge in [0.2, 0.25) is 5.91 Å². The molecule has 1 fully saturated rings. The summed E-state index contributed by atoms with van der Waals surface area (Å²) in [4.78, 5) is 23.9. The first-order chi connectivity index (χ1) is 9.61. The van der Waals surface area contributed by atoms with Gasteiger partial charge < -0.3 is 14.8 Å². The van der Waals surface area contributed by atoms with Crippen LogP contribution in [-0.4, -0.2) is 32.2 Å². The van der Waals surface area contributed by atoms with Crippen LogP contribution in [0.1, 0.15) is 28.8 Å². The van der Waals surface area contributed by atoms with Crippen LogP contribution in [-0.2, 0) is 14.3 Å². The molecule has 0 aliphatic carbocycles. The Morgan fingerprint density at radius 1 is 1.40 bits per heavy atom. The van der Waals surface area contributed by atoms with Crippen LogP contribution in [0.5, 0.6) is 0 Å². The molecule has 1 atom stereocenters. The van der Waals surface area contributed by atoms with Gasteiger partial charge in [-0.25, -0.2) is 4.79 Å². The summed E-state index contributed by atoms with van der Waals surface area (Å²) in [6, 6.07) is 5.28. The van der Waals surface area contributed by atoms with Crippen LogP contribution in [0.25, 0.3) is 0 Å². The summed E-state index contributed by atoms with van der Waals surface area (Å²) < 4.78 is 10.1. The van der Waals surface area contributed by atoms with Crippen molar-refractivity contribution >= 4 is 17.6 Å². The SMILES string of the molecule is COC(=O)c1cc(C)ccc1NC(=O)C1CCCOC1. The summed E-state index contributed by atoms with van der Waals surface area (Å²) in [6.45, 7) is 3.03. The van der Waals surface area contributed by atoms with Crippen molar-refractivity contribution in [1.82, 2.24) is 0 Å². The van der Waals surface area contributed by atoms with Crippen LogP contribution < -0.4 is 5.32 Å². The molecule has 0 radical (unpaired) electrons. The molecule has 2 rings (SSSR count). The number of aryl methyl sites for hydroxylation is 1. The molecular formula is C15H19NO4. The highest BCUT2D eigenvalue weighted by Crippen LogP contribution is 2.21. The second-order valence-corrected chi connectivity index (χ2v) is 4.94. The fraction of sp³-hybridized carbons (Fsp3) is 0.467. The molecule has 1 N–H and O–H groups in total. The van der Waals surface area contributed by atoms with Crippen molar-refractivity contribution in [3.63, 3.8) is 0 Å². The highest BCUT2D eigenvalue weighted by molar-refractivity contribution is 6.02. The molecule has 0 aromatic heterocycles. The predicted molar refractivity (Wildman–Crippen MR) is 74.7 cm³/mol. The molecule has 1 amide bonds. The lowest BCUT2D eigenvalue weighted by molar-refractivity contribution is -0.123. The first-order valence-corrected chi connectivity index (χ1v) is 6.69. The Morgan fingerprint density at radius 3 is 2.85 bits per heavy atom. The van der Waals surface area contributed by atoms with Crippen molar-refractivity contribution in [2.45, 2.75) is 19.8 Å². The lowest BCUT2D eigenvalue weighted by atomic mass is 10.0. The Bertz CT molecular complexity index is 507. The van der Waals surface area contributed by atoms with E-state index in [1.807, 2.05) is 13.0 Å². The quantitative estimate of drug-likeness (QED) is 0.860. The van der Waals surface area contributed by atoms with E-state index in [1.165, 1.54) is 7.11 Å². The zero-order valence-corrected chi connectivity index (χ0v) is 11.8. The van der Waals surface area contributed by atoms with Crippen LogP contribution in [0.3, 0.4) is 0 Å². The summed E-state index contributed by atoms with van der Waals surface area (Å²) in [5, 5.41) is 2.80. The number of ether oxygens (including phenoxy) is 2. The third-order valence-corrected chi connectivity index (χ3v) is 3.37. The number of rotatable bonds is 3. The van der Waals surface area contributed by atoms with Crippen molar-refractivity contribution in [1.29, 1.82) is 0 Å². The number of anilines is 1. The van der Waals surface area contributed by atoms with Crippen molar-refractivity contribution in [3.05, 3.63) is 29.3 Å². The molecule has 1 aromatic rings. The van der Waals surface area contributed by atoms with Gasteiger partial charge in [-0.2, -0.15) is 0 Å². The monoisotopic (exact) mass is 277 g/mol. The number of carbonyl (C=O) groups excluding carboxylic acids is 2. The topological polar surface area (TPSA) is 64.6 Å². The molecule has 5 heteroatoms. The maximum Gasteiger partial charge on any atom is 0.339 e. The van der Waals surface area contributed by atoms with E-state index in [0.29, 0.717) is 24.5 Å². The molecule has 1 aromatic carbocycles. The van der Waals surface area contributed by atoms with Crippen LogP contribution in [0.2, 0.25) is 0 Å². The average Bonchev–Trinajstić information content (AvgIpc) is 2.49. The molecule has 1 aliphatic rings. The molecular weight excluding hydrogens is 258 g/mol. The summed E-state index contributed by atoms with van der Waals surface area (Å²) in [5.41, 5.74) is 1.79. The average molecular weight is 277 g/mol.